The zero-order chi connectivity index (χ0) is 17.9. The highest BCUT2D eigenvalue weighted by atomic mass is 32.3. The summed E-state index contributed by atoms with van der Waals surface area (Å²) in [6.45, 7) is 8.31. The smallest absolute Gasteiger partial charge is 0.203 e. The van der Waals surface area contributed by atoms with Gasteiger partial charge in [-0.2, -0.15) is 0 Å². The van der Waals surface area contributed by atoms with Crippen molar-refractivity contribution in [2.24, 2.45) is 5.92 Å². The summed E-state index contributed by atoms with van der Waals surface area (Å²) in [6, 6.07) is 0. The van der Waals surface area contributed by atoms with E-state index in [1.165, 1.54) is 20.8 Å². The third-order valence-corrected chi connectivity index (χ3v) is 10.7. The first-order valence-electron chi connectivity index (χ1n) is 7.35. The van der Waals surface area contributed by atoms with Crippen molar-refractivity contribution in [3.8, 4) is 0 Å². The first-order chi connectivity index (χ1) is 9.85. The standard InChI is InChI=1S/C14H26O6S2/c1-7-9(3)21(17,18)14(11(5)13(16)12(6)15)22(19,20)10(4)8-2/h9-11,14H,7-8H2,1-6H3. The molecule has 0 saturated heterocycles. The van der Waals surface area contributed by atoms with Crippen LogP contribution in [0, 0.1) is 5.92 Å². The van der Waals surface area contributed by atoms with Crippen molar-refractivity contribution in [2.75, 3.05) is 0 Å². The second-order valence-electron chi connectivity index (χ2n) is 5.69. The molecule has 8 heteroatoms. The topological polar surface area (TPSA) is 102 Å². The molecule has 6 nitrogen and oxygen atoms in total. The molecule has 0 heterocycles. The van der Waals surface area contributed by atoms with E-state index in [1.807, 2.05) is 0 Å². The highest BCUT2D eigenvalue weighted by molar-refractivity contribution is 8.09. The monoisotopic (exact) mass is 354 g/mol. The van der Waals surface area contributed by atoms with E-state index >= 15 is 0 Å². The van der Waals surface area contributed by atoms with Crippen LogP contribution in [0.1, 0.15) is 54.4 Å². The van der Waals surface area contributed by atoms with Crippen molar-refractivity contribution in [1.82, 2.24) is 0 Å². The van der Waals surface area contributed by atoms with Crippen LogP contribution in [0.25, 0.3) is 0 Å². The molecule has 0 bridgehead atoms. The van der Waals surface area contributed by atoms with Gasteiger partial charge in [0.15, 0.2) is 30.0 Å². The summed E-state index contributed by atoms with van der Waals surface area (Å²) in [5.74, 6) is -3.21. The van der Waals surface area contributed by atoms with E-state index in [1.54, 1.807) is 13.8 Å². The van der Waals surface area contributed by atoms with Gasteiger partial charge >= 0.3 is 0 Å². The Morgan fingerprint density at radius 2 is 1.14 bits per heavy atom. The summed E-state index contributed by atoms with van der Waals surface area (Å²) in [4.78, 5) is 23.2. The fourth-order valence-corrected chi connectivity index (χ4v) is 7.99. The average molecular weight is 354 g/mol. The fraction of sp³-hybridized carbons (Fsp3) is 0.857. The number of carbonyl (C=O) groups excluding carboxylic acids is 2. The van der Waals surface area contributed by atoms with Gasteiger partial charge in [-0.05, 0) is 26.7 Å². The maximum atomic E-state index is 12.7. The minimum absolute atomic E-state index is 0.232. The van der Waals surface area contributed by atoms with Crippen LogP contribution in [0.3, 0.4) is 0 Å². The zero-order valence-electron chi connectivity index (χ0n) is 14.0. The van der Waals surface area contributed by atoms with Crippen LogP contribution in [0.5, 0.6) is 0 Å². The molecule has 0 aromatic heterocycles. The van der Waals surface area contributed by atoms with Crippen LogP contribution < -0.4 is 0 Å². The van der Waals surface area contributed by atoms with Gasteiger partial charge in [-0.1, -0.05) is 20.8 Å². The van der Waals surface area contributed by atoms with Crippen molar-refractivity contribution < 1.29 is 26.4 Å². The number of Topliss-reactive ketones (excluding diaryl/α,β-unsaturated/α-hetero) is 2. The maximum Gasteiger partial charge on any atom is 0.203 e. The first-order valence-corrected chi connectivity index (χ1v) is 10.6. The molecule has 0 spiro atoms. The molecular formula is C14H26O6S2. The molecule has 0 aliphatic rings. The van der Waals surface area contributed by atoms with E-state index in [0.717, 1.165) is 6.92 Å². The number of hydrogen-bond acceptors (Lipinski definition) is 6. The number of carbonyl (C=O) groups is 2. The van der Waals surface area contributed by atoms with Crippen LogP contribution in [0.2, 0.25) is 0 Å². The fourth-order valence-electron chi connectivity index (χ4n) is 2.12. The molecule has 0 aliphatic carbocycles. The van der Waals surface area contributed by atoms with E-state index in [-0.39, 0.29) is 12.8 Å². The lowest BCUT2D eigenvalue weighted by molar-refractivity contribution is -0.137. The Bertz CT molecular complexity index is 578. The SMILES string of the molecule is CCC(C)S(=O)(=O)C(C(C)C(=O)C(C)=O)S(=O)(=O)C(C)CC. The van der Waals surface area contributed by atoms with E-state index in [0.29, 0.717) is 0 Å². The van der Waals surface area contributed by atoms with Gasteiger partial charge in [0.05, 0.1) is 16.4 Å². The van der Waals surface area contributed by atoms with Gasteiger partial charge in [-0.3, -0.25) is 9.59 Å². The molecule has 0 fully saturated rings. The summed E-state index contributed by atoms with van der Waals surface area (Å²) in [6.07, 6.45) is 0.464. The molecule has 0 saturated carbocycles. The summed E-state index contributed by atoms with van der Waals surface area (Å²) in [5, 5.41) is -1.81. The van der Waals surface area contributed by atoms with Gasteiger partial charge in [-0.25, -0.2) is 16.8 Å². The summed E-state index contributed by atoms with van der Waals surface area (Å²) in [7, 11) is -8.21. The van der Waals surface area contributed by atoms with E-state index in [4.69, 9.17) is 0 Å². The molecule has 0 rings (SSSR count). The average Bonchev–Trinajstić information content (AvgIpc) is 2.43. The number of sulfone groups is 2. The predicted molar refractivity (Wildman–Crippen MR) is 86.0 cm³/mol. The van der Waals surface area contributed by atoms with Gasteiger partial charge < -0.3 is 0 Å². The molecular weight excluding hydrogens is 328 g/mol. The third-order valence-electron chi connectivity index (χ3n) is 4.09. The first kappa shape index (κ1) is 21.2. The summed E-state index contributed by atoms with van der Waals surface area (Å²) in [5.41, 5.74) is 0. The lowest BCUT2D eigenvalue weighted by Crippen LogP contribution is -2.47. The van der Waals surface area contributed by atoms with Crippen molar-refractivity contribution in [3.63, 3.8) is 0 Å². The van der Waals surface area contributed by atoms with Gasteiger partial charge in [-0.15, -0.1) is 0 Å². The summed E-state index contributed by atoms with van der Waals surface area (Å²) < 4.78 is 48.7. The molecule has 3 atom stereocenters. The van der Waals surface area contributed by atoms with Crippen molar-refractivity contribution >= 4 is 31.2 Å². The molecule has 0 N–H and O–H groups in total. The largest absolute Gasteiger partial charge is 0.291 e. The Hall–Kier alpha value is -0.760. The molecule has 0 aromatic rings. The predicted octanol–water partition coefficient (Wildman–Crippen LogP) is 1.53. The lowest BCUT2D eigenvalue weighted by atomic mass is 10.1. The highest BCUT2D eigenvalue weighted by Gasteiger charge is 2.48. The second-order valence-corrected chi connectivity index (χ2v) is 11.0. The van der Waals surface area contributed by atoms with Gasteiger partial charge in [0.2, 0.25) is 5.78 Å². The minimum Gasteiger partial charge on any atom is -0.291 e. The second kappa shape index (κ2) is 7.68. The Morgan fingerprint density at radius 1 is 0.818 bits per heavy atom. The number of rotatable bonds is 9. The molecule has 130 valence electrons. The molecule has 0 aromatic carbocycles. The zero-order valence-corrected chi connectivity index (χ0v) is 15.6. The lowest BCUT2D eigenvalue weighted by Gasteiger charge is -2.27. The molecule has 3 unspecified atom stereocenters. The van der Waals surface area contributed by atoms with Gasteiger partial charge in [0, 0.05) is 6.92 Å². The van der Waals surface area contributed by atoms with Crippen molar-refractivity contribution in [2.45, 2.75) is 69.5 Å². The van der Waals surface area contributed by atoms with Crippen LogP contribution in [-0.4, -0.2) is 43.5 Å². The van der Waals surface area contributed by atoms with E-state index in [9.17, 15) is 26.4 Å². The molecule has 0 aliphatic heterocycles. The van der Waals surface area contributed by atoms with Crippen molar-refractivity contribution in [1.29, 1.82) is 0 Å². The Balaban J connectivity index is 6.26. The molecule has 0 radical (unpaired) electrons. The van der Waals surface area contributed by atoms with Crippen LogP contribution in [0.15, 0.2) is 0 Å². The van der Waals surface area contributed by atoms with Gasteiger partial charge in [0.25, 0.3) is 0 Å². The number of hydrogen-bond donors (Lipinski definition) is 0. The maximum absolute atomic E-state index is 12.7. The normalized spacial score (nSPS) is 18.3. The summed E-state index contributed by atoms with van der Waals surface area (Å²) >= 11 is 0. The van der Waals surface area contributed by atoms with Gasteiger partial charge in [0.1, 0.15) is 0 Å². The van der Waals surface area contributed by atoms with Crippen LogP contribution in [-0.2, 0) is 29.3 Å². The van der Waals surface area contributed by atoms with E-state index in [2.05, 4.69) is 0 Å². The molecule has 22 heavy (non-hydrogen) atoms. The number of ketones is 2. The Morgan fingerprint density at radius 3 is 1.36 bits per heavy atom. The third kappa shape index (κ3) is 4.16. The Labute approximate surface area is 133 Å². The molecule has 0 amide bonds. The Kier molecular flexibility index (Phi) is 7.41. The minimum atomic E-state index is -4.10. The van der Waals surface area contributed by atoms with Crippen LogP contribution >= 0.6 is 0 Å². The highest BCUT2D eigenvalue weighted by Crippen LogP contribution is 2.29. The van der Waals surface area contributed by atoms with Crippen molar-refractivity contribution in [3.05, 3.63) is 0 Å². The van der Waals surface area contributed by atoms with E-state index < -0.39 is 52.2 Å². The quantitative estimate of drug-likeness (QED) is 0.582. The van der Waals surface area contributed by atoms with Crippen LogP contribution in [0.4, 0.5) is 0 Å².